The number of amides is 1. The fourth-order valence-corrected chi connectivity index (χ4v) is 2.72. The molecule has 2 aromatic rings. The quantitative estimate of drug-likeness (QED) is 0.350. The molecule has 29 heavy (non-hydrogen) atoms. The van der Waals surface area contributed by atoms with Crippen LogP contribution < -0.4 is 9.47 Å². The molecule has 0 aromatic heterocycles. The second-order valence-corrected chi connectivity index (χ2v) is 6.57. The van der Waals surface area contributed by atoms with Gasteiger partial charge < -0.3 is 14.4 Å². The first-order chi connectivity index (χ1) is 13.9. The molecule has 0 saturated heterocycles. The monoisotopic (exact) mass is 398 g/mol. The molecule has 1 amide bonds. The van der Waals surface area contributed by atoms with Gasteiger partial charge in [0.25, 0.3) is 5.69 Å². The standard InChI is InChI=1S/C22H26N2O5/c1-5-13-29-20-11-9-17(14-21(20)28-4)10-12-22(25)23(3)16(2)18-7-6-8-19(15-18)24(26)27/h6-12,14-16H,5,13H2,1-4H3/b12-10+/t16-/m1/s1. The number of non-ortho nitro benzene ring substituents is 1. The van der Waals surface area contributed by atoms with Crippen molar-refractivity contribution >= 4 is 17.7 Å². The highest BCUT2D eigenvalue weighted by Gasteiger charge is 2.17. The number of methoxy groups -OCH3 is 1. The van der Waals surface area contributed by atoms with Gasteiger partial charge in [0.2, 0.25) is 5.91 Å². The molecule has 0 heterocycles. The van der Waals surface area contributed by atoms with Crippen LogP contribution in [0, 0.1) is 10.1 Å². The van der Waals surface area contributed by atoms with Gasteiger partial charge in [0.1, 0.15) is 0 Å². The minimum atomic E-state index is -0.445. The van der Waals surface area contributed by atoms with Crippen LogP contribution in [0.5, 0.6) is 11.5 Å². The van der Waals surface area contributed by atoms with Crippen LogP contribution in [-0.2, 0) is 4.79 Å². The van der Waals surface area contributed by atoms with E-state index < -0.39 is 4.92 Å². The second kappa shape index (κ2) is 10.3. The number of likely N-dealkylation sites (N-methyl/N-ethyl adjacent to an activating group) is 1. The Labute approximate surface area is 170 Å². The van der Waals surface area contributed by atoms with E-state index in [0.29, 0.717) is 23.7 Å². The molecule has 7 nitrogen and oxygen atoms in total. The smallest absolute Gasteiger partial charge is 0.269 e. The van der Waals surface area contributed by atoms with Crippen LogP contribution in [0.25, 0.3) is 6.08 Å². The van der Waals surface area contributed by atoms with Crippen molar-refractivity contribution in [2.75, 3.05) is 20.8 Å². The average molecular weight is 398 g/mol. The molecule has 0 aliphatic heterocycles. The summed E-state index contributed by atoms with van der Waals surface area (Å²) in [7, 11) is 3.24. The van der Waals surface area contributed by atoms with Crippen LogP contribution in [-0.4, -0.2) is 36.5 Å². The zero-order chi connectivity index (χ0) is 21.4. The molecule has 7 heteroatoms. The summed E-state index contributed by atoms with van der Waals surface area (Å²) in [6.45, 7) is 4.46. The maximum Gasteiger partial charge on any atom is 0.269 e. The van der Waals surface area contributed by atoms with E-state index in [2.05, 4.69) is 0 Å². The molecule has 0 aliphatic carbocycles. The lowest BCUT2D eigenvalue weighted by atomic mass is 10.1. The predicted octanol–water partition coefficient (Wildman–Crippen LogP) is 4.63. The van der Waals surface area contributed by atoms with Gasteiger partial charge in [0.15, 0.2) is 11.5 Å². The summed E-state index contributed by atoms with van der Waals surface area (Å²) < 4.78 is 11.0. The fourth-order valence-electron chi connectivity index (χ4n) is 2.72. The first-order valence-corrected chi connectivity index (χ1v) is 9.37. The summed E-state index contributed by atoms with van der Waals surface area (Å²) in [5, 5.41) is 11.0. The number of rotatable bonds is 9. The number of nitro benzene ring substituents is 1. The van der Waals surface area contributed by atoms with Crippen molar-refractivity contribution in [2.24, 2.45) is 0 Å². The topological polar surface area (TPSA) is 81.9 Å². The van der Waals surface area contributed by atoms with Crippen LogP contribution in [0.3, 0.4) is 0 Å². The Morgan fingerprint density at radius 3 is 2.66 bits per heavy atom. The first-order valence-electron chi connectivity index (χ1n) is 9.37. The molecule has 0 bridgehead atoms. The summed E-state index contributed by atoms with van der Waals surface area (Å²) in [5.74, 6) is 1.05. The highest BCUT2D eigenvalue weighted by Crippen LogP contribution is 2.29. The highest BCUT2D eigenvalue weighted by atomic mass is 16.6. The third-order valence-electron chi connectivity index (χ3n) is 4.56. The molecule has 1 atom stereocenters. The lowest BCUT2D eigenvalue weighted by Gasteiger charge is -2.24. The Morgan fingerprint density at radius 2 is 2.00 bits per heavy atom. The number of nitrogens with zero attached hydrogens (tertiary/aromatic N) is 2. The number of hydrogen-bond acceptors (Lipinski definition) is 5. The van der Waals surface area contributed by atoms with E-state index in [9.17, 15) is 14.9 Å². The van der Waals surface area contributed by atoms with Crippen molar-refractivity contribution in [2.45, 2.75) is 26.3 Å². The van der Waals surface area contributed by atoms with Gasteiger partial charge in [-0.05, 0) is 42.7 Å². The number of nitro groups is 1. The van der Waals surface area contributed by atoms with Crippen LogP contribution in [0.1, 0.15) is 37.4 Å². The summed E-state index contributed by atoms with van der Waals surface area (Å²) >= 11 is 0. The van der Waals surface area contributed by atoms with E-state index in [1.807, 2.05) is 26.0 Å². The molecular formula is C22H26N2O5. The van der Waals surface area contributed by atoms with Crippen molar-refractivity contribution < 1.29 is 19.2 Å². The van der Waals surface area contributed by atoms with E-state index in [0.717, 1.165) is 12.0 Å². The molecule has 0 N–H and O–H groups in total. The lowest BCUT2D eigenvalue weighted by molar-refractivity contribution is -0.384. The molecule has 0 spiro atoms. The Bertz CT molecular complexity index is 895. The largest absolute Gasteiger partial charge is 0.493 e. The molecule has 0 fully saturated rings. The van der Waals surface area contributed by atoms with Crippen LogP contribution in [0.4, 0.5) is 5.69 Å². The van der Waals surface area contributed by atoms with Gasteiger partial charge in [-0.1, -0.05) is 25.1 Å². The second-order valence-electron chi connectivity index (χ2n) is 6.57. The van der Waals surface area contributed by atoms with Gasteiger partial charge >= 0.3 is 0 Å². The summed E-state index contributed by atoms with van der Waals surface area (Å²) in [6, 6.07) is 11.5. The fraction of sp³-hybridized carbons (Fsp3) is 0.318. The Balaban J connectivity index is 2.11. The summed E-state index contributed by atoms with van der Waals surface area (Å²) in [4.78, 5) is 24.6. The van der Waals surface area contributed by atoms with E-state index in [1.165, 1.54) is 23.1 Å². The number of benzene rings is 2. The zero-order valence-electron chi connectivity index (χ0n) is 17.1. The van der Waals surface area contributed by atoms with E-state index in [1.54, 1.807) is 38.4 Å². The number of carbonyl (C=O) groups is 1. The van der Waals surface area contributed by atoms with Gasteiger partial charge in [-0.15, -0.1) is 0 Å². The third kappa shape index (κ3) is 5.81. The number of ether oxygens (including phenoxy) is 2. The Morgan fingerprint density at radius 1 is 1.24 bits per heavy atom. The minimum absolute atomic E-state index is 0.00298. The number of carbonyl (C=O) groups excluding carboxylic acids is 1. The minimum Gasteiger partial charge on any atom is -0.493 e. The average Bonchev–Trinajstić information content (AvgIpc) is 2.75. The molecule has 0 saturated carbocycles. The third-order valence-corrected chi connectivity index (χ3v) is 4.56. The van der Waals surface area contributed by atoms with Crippen molar-refractivity contribution in [3.8, 4) is 11.5 Å². The van der Waals surface area contributed by atoms with Crippen LogP contribution >= 0.6 is 0 Å². The molecule has 2 aromatic carbocycles. The van der Waals surface area contributed by atoms with Gasteiger partial charge in [-0.2, -0.15) is 0 Å². The number of hydrogen-bond donors (Lipinski definition) is 0. The first kappa shape index (κ1) is 21.9. The maximum absolute atomic E-state index is 12.6. The van der Waals surface area contributed by atoms with Crippen molar-refractivity contribution in [1.29, 1.82) is 0 Å². The Hall–Kier alpha value is -3.35. The molecule has 2 rings (SSSR count). The summed E-state index contributed by atoms with van der Waals surface area (Å²) in [5.41, 5.74) is 1.50. The Kier molecular flexibility index (Phi) is 7.77. The van der Waals surface area contributed by atoms with Gasteiger partial charge in [0, 0.05) is 25.3 Å². The highest BCUT2D eigenvalue weighted by molar-refractivity contribution is 5.92. The van der Waals surface area contributed by atoms with E-state index >= 15 is 0 Å². The SMILES string of the molecule is CCCOc1ccc(/C=C/C(=O)N(C)[C@H](C)c2cccc([N+](=O)[O-])c2)cc1OC. The van der Waals surface area contributed by atoms with Crippen molar-refractivity contribution in [1.82, 2.24) is 4.90 Å². The predicted molar refractivity (Wildman–Crippen MR) is 112 cm³/mol. The maximum atomic E-state index is 12.6. The zero-order valence-corrected chi connectivity index (χ0v) is 17.1. The molecule has 154 valence electrons. The molecule has 0 aliphatic rings. The molecule has 0 radical (unpaired) electrons. The van der Waals surface area contributed by atoms with Gasteiger partial charge in [-0.3, -0.25) is 14.9 Å². The normalized spacial score (nSPS) is 11.9. The van der Waals surface area contributed by atoms with Gasteiger partial charge in [-0.25, -0.2) is 0 Å². The van der Waals surface area contributed by atoms with E-state index in [-0.39, 0.29) is 17.6 Å². The van der Waals surface area contributed by atoms with Gasteiger partial charge in [0.05, 0.1) is 24.7 Å². The lowest BCUT2D eigenvalue weighted by Crippen LogP contribution is -2.28. The molecule has 0 unspecified atom stereocenters. The van der Waals surface area contributed by atoms with Crippen molar-refractivity contribution in [3.05, 3.63) is 69.8 Å². The van der Waals surface area contributed by atoms with Crippen LogP contribution in [0.2, 0.25) is 0 Å². The van der Waals surface area contributed by atoms with Crippen molar-refractivity contribution in [3.63, 3.8) is 0 Å². The van der Waals surface area contributed by atoms with E-state index in [4.69, 9.17) is 9.47 Å². The van der Waals surface area contributed by atoms with Crippen LogP contribution in [0.15, 0.2) is 48.5 Å². The molecular weight excluding hydrogens is 372 g/mol. The summed E-state index contributed by atoms with van der Waals surface area (Å²) in [6.07, 6.45) is 4.06.